The Labute approximate surface area is 111 Å². The van der Waals surface area contributed by atoms with Gasteiger partial charge in [-0.15, -0.1) is 11.3 Å². The summed E-state index contributed by atoms with van der Waals surface area (Å²) < 4.78 is 5.10. The van der Waals surface area contributed by atoms with Crippen LogP contribution in [-0.4, -0.2) is 12.9 Å². The van der Waals surface area contributed by atoms with Crippen molar-refractivity contribution in [2.75, 3.05) is 7.11 Å². The maximum absolute atomic E-state index is 11.9. The molecule has 0 aliphatic carbocycles. The molecule has 18 heavy (non-hydrogen) atoms. The molecule has 94 valence electrons. The fourth-order valence-corrected chi connectivity index (χ4v) is 2.49. The number of thiophene rings is 1. The fourth-order valence-electron chi connectivity index (χ4n) is 1.78. The van der Waals surface area contributed by atoms with E-state index in [2.05, 4.69) is 0 Å². The number of rotatable bonds is 5. The molecule has 0 radical (unpaired) electrons. The van der Waals surface area contributed by atoms with E-state index in [1.807, 2.05) is 42.6 Å². The lowest BCUT2D eigenvalue weighted by Gasteiger charge is -2.02. The first kappa shape index (κ1) is 12.8. The van der Waals surface area contributed by atoms with Gasteiger partial charge in [-0.2, -0.15) is 0 Å². The molecule has 0 spiro atoms. The maximum Gasteiger partial charge on any atom is 0.164 e. The lowest BCUT2D eigenvalue weighted by atomic mass is 10.0. The van der Waals surface area contributed by atoms with Crippen molar-refractivity contribution >= 4 is 17.1 Å². The molecular weight excluding hydrogens is 244 g/mol. The number of ketones is 1. The Morgan fingerprint density at radius 1 is 1.28 bits per heavy atom. The normalized spacial score (nSPS) is 10.3. The summed E-state index contributed by atoms with van der Waals surface area (Å²) in [5.41, 5.74) is 2.00. The number of Topliss-reactive ketones (excluding diaryl/α,β-unsaturated/α-hetero) is 1. The number of hydrogen-bond donors (Lipinski definition) is 0. The highest BCUT2D eigenvalue weighted by atomic mass is 32.1. The van der Waals surface area contributed by atoms with Gasteiger partial charge in [0, 0.05) is 22.2 Å². The Morgan fingerprint density at radius 3 is 2.56 bits per heavy atom. The number of aryl methyl sites for hydroxylation is 2. The quantitative estimate of drug-likeness (QED) is 0.763. The Bertz CT molecular complexity index is 526. The van der Waals surface area contributed by atoms with Gasteiger partial charge in [0.2, 0.25) is 0 Å². The number of ether oxygens (including phenoxy) is 1. The fraction of sp³-hybridized carbons (Fsp3) is 0.267. The van der Waals surface area contributed by atoms with Gasteiger partial charge in [0.1, 0.15) is 5.75 Å². The molecule has 2 aromatic rings. The van der Waals surface area contributed by atoms with Crippen molar-refractivity contribution in [1.82, 2.24) is 0 Å². The van der Waals surface area contributed by atoms with E-state index in [-0.39, 0.29) is 5.78 Å². The largest absolute Gasteiger partial charge is 0.497 e. The molecule has 3 heteroatoms. The topological polar surface area (TPSA) is 26.3 Å². The Kier molecular flexibility index (Phi) is 4.15. The molecule has 2 nitrogen and oxygen atoms in total. The van der Waals surface area contributed by atoms with Crippen LogP contribution in [0.4, 0.5) is 0 Å². The highest BCUT2D eigenvalue weighted by Gasteiger charge is 2.07. The lowest BCUT2D eigenvalue weighted by Crippen LogP contribution is -1.99. The van der Waals surface area contributed by atoms with Crippen molar-refractivity contribution in [2.24, 2.45) is 0 Å². The van der Waals surface area contributed by atoms with E-state index in [0.717, 1.165) is 23.3 Å². The molecule has 1 aromatic heterocycles. The van der Waals surface area contributed by atoms with Crippen LogP contribution in [0, 0.1) is 6.92 Å². The van der Waals surface area contributed by atoms with Crippen molar-refractivity contribution in [1.29, 1.82) is 0 Å². The monoisotopic (exact) mass is 260 g/mol. The SMILES string of the molecule is COc1ccc(CCC(=O)c2csc(C)c2)cc1. The summed E-state index contributed by atoms with van der Waals surface area (Å²) in [5.74, 6) is 1.06. The Balaban J connectivity index is 1.92. The molecule has 0 aliphatic heterocycles. The zero-order valence-corrected chi connectivity index (χ0v) is 11.4. The molecule has 0 saturated heterocycles. The van der Waals surface area contributed by atoms with Crippen LogP contribution in [0.5, 0.6) is 5.75 Å². The predicted molar refractivity (Wildman–Crippen MR) is 74.7 cm³/mol. The van der Waals surface area contributed by atoms with Crippen LogP contribution in [0.15, 0.2) is 35.7 Å². The maximum atomic E-state index is 11.9. The van der Waals surface area contributed by atoms with E-state index in [9.17, 15) is 4.79 Å². The van der Waals surface area contributed by atoms with E-state index in [0.29, 0.717) is 6.42 Å². The van der Waals surface area contributed by atoms with Crippen molar-refractivity contribution < 1.29 is 9.53 Å². The van der Waals surface area contributed by atoms with Crippen LogP contribution in [0.25, 0.3) is 0 Å². The van der Waals surface area contributed by atoms with E-state index >= 15 is 0 Å². The summed E-state index contributed by atoms with van der Waals surface area (Å²) in [6, 6.07) is 9.82. The lowest BCUT2D eigenvalue weighted by molar-refractivity contribution is 0.0983. The molecule has 0 bridgehead atoms. The zero-order valence-electron chi connectivity index (χ0n) is 10.6. The Morgan fingerprint density at radius 2 is 2.00 bits per heavy atom. The molecule has 0 fully saturated rings. The molecule has 0 unspecified atom stereocenters. The second-order valence-electron chi connectivity index (χ2n) is 4.22. The summed E-state index contributed by atoms with van der Waals surface area (Å²) >= 11 is 1.62. The number of carbonyl (C=O) groups excluding carboxylic acids is 1. The highest BCUT2D eigenvalue weighted by Crippen LogP contribution is 2.17. The van der Waals surface area contributed by atoms with Gasteiger partial charge >= 0.3 is 0 Å². The first-order valence-electron chi connectivity index (χ1n) is 5.90. The van der Waals surface area contributed by atoms with E-state index in [1.54, 1.807) is 18.4 Å². The van der Waals surface area contributed by atoms with Crippen molar-refractivity contribution in [3.8, 4) is 5.75 Å². The van der Waals surface area contributed by atoms with Gasteiger partial charge in [0.15, 0.2) is 5.78 Å². The molecule has 0 N–H and O–H groups in total. The molecular formula is C15H16O2S. The smallest absolute Gasteiger partial charge is 0.164 e. The molecule has 0 amide bonds. The first-order valence-corrected chi connectivity index (χ1v) is 6.78. The minimum absolute atomic E-state index is 0.218. The standard InChI is InChI=1S/C15H16O2S/c1-11-9-13(10-18-11)15(16)8-5-12-3-6-14(17-2)7-4-12/h3-4,6-7,9-10H,5,8H2,1-2H3. The minimum atomic E-state index is 0.218. The van der Waals surface area contributed by atoms with Gasteiger partial charge in [0.25, 0.3) is 0 Å². The number of benzene rings is 1. The van der Waals surface area contributed by atoms with Crippen LogP contribution in [0.1, 0.15) is 27.2 Å². The van der Waals surface area contributed by atoms with Crippen LogP contribution < -0.4 is 4.74 Å². The van der Waals surface area contributed by atoms with Crippen LogP contribution in [0.3, 0.4) is 0 Å². The molecule has 1 heterocycles. The Hall–Kier alpha value is -1.61. The summed E-state index contributed by atoms with van der Waals surface area (Å²) in [7, 11) is 1.65. The second kappa shape index (κ2) is 5.83. The number of hydrogen-bond acceptors (Lipinski definition) is 3. The molecule has 0 aliphatic rings. The predicted octanol–water partition coefficient (Wildman–Crippen LogP) is 3.88. The highest BCUT2D eigenvalue weighted by molar-refractivity contribution is 7.10. The van der Waals surface area contributed by atoms with E-state index in [4.69, 9.17) is 4.74 Å². The third kappa shape index (κ3) is 3.20. The van der Waals surface area contributed by atoms with Crippen molar-refractivity contribution in [2.45, 2.75) is 19.8 Å². The van der Waals surface area contributed by atoms with Crippen LogP contribution >= 0.6 is 11.3 Å². The number of carbonyl (C=O) groups is 1. The summed E-state index contributed by atoms with van der Waals surface area (Å²) in [6.45, 7) is 2.02. The molecule has 1 aromatic carbocycles. The number of methoxy groups -OCH3 is 1. The van der Waals surface area contributed by atoms with Gasteiger partial charge in [-0.3, -0.25) is 4.79 Å². The average Bonchev–Trinajstić information content (AvgIpc) is 2.83. The summed E-state index contributed by atoms with van der Waals surface area (Å²) in [4.78, 5) is 13.1. The molecule has 0 saturated carbocycles. The van der Waals surface area contributed by atoms with Gasteiger partial charge in [0.05, 0.1) is 7.11 Å². The second-order valence-corrected chi connectivity index (χ2v) is 5.33. The third-order valence-electron chi connectivity index (χ3n) is 2.85. The van der Waals surface area contributed by atoms with Crippen molar-refractivity contribution in [3.63, 3.8) is 0 Å². The van der Waals surface area contributed by atoms with Crippen LogP contribution in [0.2, 0.25) is 0 Å². The van der Waals surface area contributed by atoms with Gasteiger partial charge < -0.3 is 4.74 Å². The zero-order chi connectivity index (χ0) is 13.0. The van der Waals surface area contributed by atoms with E-state index in [1.165, 1.54) is 4.88 Å². The summed E-state index contributed by atoms with van der Waals surface area (Å²) in [6.07, 6.45) is 1.33. The molecule has 2 rings (SSSR count). The van der Waals surface area contributed by atoms with Gasteiger partial charge in [-0.05, 0) is 37.1 Å². The average molecular weight is 260 g/mol. The first-order chi connectivity index (χ1) is 8.69. The van der Waals surface area contributed by atoms with Crippen molar-refractivity contribution in [3.05, 3.63) is 51.7 Å². The van der Waals surface area contributed by atoms with E-state index < -0.39 is 0 Å². The van der Waals surface area contributed by atoms with Gasteiger partial charge in [-0.25, -0.2) is 0 Å². The summed E-state index contributed by atoms with van der Waals surface area (Å²) in [5, 5.41) is 1.94. The minimum Gasteiger partial charge on any atom is -0.497 e. The third-order valence-corrected chi connectivity index (χ3v) is 3.71. The van der Waals surface area contributed by atoms with Gasteiger partial charge in [-0.1, -0.05) is 12.1 Å². The molecule has 0 atom stereocenters. The van der Waals surface area contributed by atoms with Crippen LogP contribution in [-0.2, 0) is 6.42 Å².